The molecule has 5 heteroatoms. The second kappa shape index (κ2) is 10.1. The van der Waals surface area contributed by atoms with E-state index in [-0.39, 0.29) is 40.9 Å². The third-order valence-corrected chi connectivity index (χ3v) is 3.23. The first-order valence-electron chi connectivity index (χ1n) is 6.77. The first kappa shape index (κ1) is 19.3. The predicted molar refractivity (Wildman–Crippen MR) is 79.6 cm³/mol. The van der Waals surface area contributed by atoms with E-state index < -0.39 is 5.97 Å². The van der Waals surface area contributed by atoms with Gasteiger partial charge in [-0.2, -0.15) is 0 Å². The summed E-state index contributed by atoms with van der Waals surface area (Å²) in [5.74, 6) is -0.385. The van der Waals surface area contributed by atoms with Crippen LogP contribution < -0.4 is 4.74 Å². The van der Waals surface area contributed by atoms with E-state index in [1.807, 2.05) is 0 Å². The van der Waals surface area contributed by atoms with Crippen LogP contribution in [0.15, 0.2) is 18.2 Å². The smallest absolute Gasteiger partial charge is 0.339 e. The SMILES string of the molecule is CCCCC(CC)COc1ccc(C(=O)O)c(O)c1.[Na]. The van der Waals surface area contributed by atoms with E-state index in [0.717, 1.165) is 12.8 Å². The number of aromatic carboxylic acids is 1. The average molecular weight is 289 g/mol. The topological polar surface area (TPSA) is 66.8 Å². The summed E-state index contributed by atoms with van der Waals surface area (Å²) in [7, 11) is 0. The number of carboxylic acids is 1. The largest absolute Gasteiger partial charge is 0.507 e. The maximum absolute atomic E-state index is 10.8. The average Bonchev–Trinajstić information content (AvgIpc) is 2.38. The monoisotopic (exact) mass is 289 g/mol. The molecule has 4 nitrogen and oxygen atoms in total. The summed E-state index contributed by atoms with van der Waals surface area (Å²) in [5.41, 5.74) is -0.106. The number of hydrogen-bond acceptors (Lipinski definition) is 3. The van der Waals surface area contributed by atoms with Crippen LogP contribution in [0.3, 0.4) is 0 Å². The number of phenols is 1. The minimum Gasteiger partial charge on any atom is -0.507 e. The van der Waals surface area contributed by atoms with Gasteiger partial charge in [0.15, 0.2) is 0 Å². The van der Waals surface area contributed by atoms with E-state index in [2.05, 4.69) is 13.8 Å². The van der Waals surface area contributed by atoms with Crippen molar-refractivity contribution < 1.29 is 19.7 Å². The molecule has 0 amide bonds. The number of benzene rings is 1. The zero-order valence-corrected chi connectivity index (χ0v) is 14.6. The molecular weight excluding hydrogens is 267 g/mol. The van der Waals surface area contributed by atoms with Crippen LogP contribution in [0.25, 0.3) is 0 Å². The van der Waals surface area contributed by atoms with Crippen molar-refractivity contribution >= 4 is 35.5 Å². The van der Waals surface area contributed by atoms with Gasteiger partial charge >= 0.3 is 5.97 Å². The number of rotatable bonds is 8. The number of carbonyl (C=O) groups is 1. The fourth-order valence-corrected chi connectivity index (χ4v) is 1.89. The van der Waals surface area contributed by atoms with E-state index in [9.17, 15) is 9.90 Å². The molecule has 0 aliphatic carbocycles. The molecule has 0 saturated carbocycles. The van der Waals surface area contributed by atoms with Gasteiger partial charge in [-0.3, -0.25) is 0 Å². The second-order valence-electron chi connectivity index (χ2n) is 4.71. The van der Waals surface area contributed by atoms with Crippen LogP contribution in [-0.4, -0.2) is 52.3 Å². The van der Waals surface area contributed by atoms with Crippen molar-refractivity contribution in [1.29, 1.82) is 0 Å². The van der Waals surface area contributed by atoms with Gasteiger partial charge in [0.1, 0.15) is 17.1 Å². The first-order chi connectivity index (χ1) is 9.08. The maximum atomic E-state index is 10.8. The van der Waals surface area contributed by atoms with Crippen molar-refractivity contribution in [3.8, 4) is 11.5 Å². The predicted octanol–water partition coefficient (Wildman–Crippen LogP) is 3.30. The van der Waals surface area contributed by atoms with Crippen LogP contribution in [0.1, 0.15) is 49.9 Å². The number of unbranched alkanes of at least 4 members (excludes halogenated alkanes) is 1. The van der Waals surface area contributed by atoms with Crippen LogP contribution >= 0.6 is 0 Å². The Balaban J connectivity index is 0.00000361. The Morgan fingerprint density at radius 2 is 2.05 bits per heavy atom. The molecule has 1 aromatic carbocycles. The Morgan fingerprint density at radius 1 is 1.35 bits per heavy atom. The van der Waals surface area contributed by atoms with Gasteiger partial charge in [-0.05, 0) is 24.5 Å². The third kappa shape index (κ3) is 6.16. The van der Waals surface area contributed by atoms with Crippen molar-refractivity contribution in [3.05, 3.63) is 23.8 Å². The standard InChI is InChI=1S/C15H22O4.Na/c1-3-5-6-11(4-2)10-19-12-7-8-13(15(17)18)14(16)9-12;/h7-9,11,16H,3-6,10H2,1-2H3,(H,17,18);. The second-order valence-corrected chi connectivity index (χ2v) is 4.71. The summed E-state index contributed by atoms with van der Waals surface area (Å²) in [6, 6.07) is 4.30. The Morgan fingerprint density at radius 3 is 2.55 bits per heavy atom. The fourth-order valence-electron chi connectivity index (χ4n) is 1.89. The van der Waals surface area contributed by atoms with Gasteiger partial charge in [-0.25, -0.2) is 4.79 Å². The van der Waals surface area contributed by atoms with Gasteiger partial charge in [-0.1, -0.05) is 33.1 Å². The molecule has 0 heterocycles. The minimum absolute atomic E-state index is 0. The molecule has 2 N–H and O–H groups in total. The molecular formula is C15H22NaO4. The van der Waals surface area contributed by atoms with Gasteiger partial charge in [0.05, 0.1) is 6.61 Å². The summed E-state index contributed by atoms with van der Waals surface area (Å²) < 4.78 is 5.62. The normalized spacial score (nSPS) is 11.5. The van der Waals surface area contributed by atoms with Crippen molar-refractivity contribution in [1.82, 2.24) is 0 Å². The quantitative estimate of drug-likeness (QED) is 0.721. The third-order valence-electron chi connectivity index (χ3n) is 3.23. The van der Waals surface area contributed by atoms with E-state index in [1.165, 1.54) is 25.0 Å². The van der Waals surface area contributed by atoms with Crippen LogP contribution in [0.2, 0.25) is 0 Å². The Bertz CT molecular complexity index is 420. The molecule has 1 radical (unpaired) electrons. The maximum Gasteiger partial charge on any atom is 0.339 e. The van der Waals surface area contributed by atoms with Crippen molar-refractivity contribution in [2.24, 2.45) is 5.92 Å². The zero-order chi connectivity index (χ0) is 14.3. The van der Waals surface area contributed by atoms with Crippen LogP contribution in [0.4, 0.5) is 0 Å². The first-order valence-corrected chi connectivity index (χ1v) is 6.77. The zero-order valence-electron chi connectivity index (χ0n) is 12.6. The van der Waals surface area contributed by atoms with E-state index in [0.29, 0.717) is 18.3 Å². The molecule has 1 aromatic rings. The molecule has 0 aliphatic heterocycles. The molecule has 0 spiro atoms. The van der Waals surface area contributed by atoms with Gasteiger partial charge < -0.3 is 14.9 Å². The minimum atomic E-state index is -1.14. The van der Waals surface area contributed by atoms with Gasteiger partial charge in [0.25, 0.3) is 0 Å². The van der Waals surface area contributed by atoms with Crippen LogP contribution in [0, 0.1) is 5.92 Å². The number of hydrogen-bond donors (Lipinski definition) is 2. The molecule has 0 saturated heterocycles. The van der Waals surface area contributed by atoms with E-state index in [1.54, 1.807) is 6.07 Å². The van der Waals surface area contributed by atoms with Gasteiger partial charge in [0.2, 0.25) is 0 Å². The van der Waals surface area contributed by atoms with Crippen molar-refractivity contribution in [2.75, 3.05) is 6.61 Å². The molecule has 1 atom stereocenters. The number of carboxylic acid groups (broad SMARTS) is 1. The Hall–Kier alpha value is -0.710. The molecule has 1 unspecified atom stereocenters. The molecule has 1 rings (SSSR count). The van der Waals surface area contributed by atoms with E-state index >= 15 is 0 Å². The molecule has 20 heavy (non-hydrogen) atoms. The number of aromatic hydroxyl groups is 1. The summed E-state index contributed by atoms with van der Waals surface area (Å²) in [4.78, 5) is 10.8. The molecule has 0 fully saturated rings. The molecule has 0 aromatic heterocycles. The van der Waals surface area contributed by atoms with Gasteiger partial charge in [0, 0.05) is 35.6 Å². The Kier molecular flexibility index (Phi) is 9.72. The molecule has 107 valence electrons. The fraction of sp³-hybridized carbons (Fsp3) is 0.533. The van der Waals surface area contributed by atoms with Crippen molar-refractivity contribution in [2.45, 2.75) is 39.5 Å². The van der Waals surface area contributed by atoms with Crippen LogP contribution in [0.5, 0.6) is 11.5 Å². The summed E-state index contributed by atoms with van der Waals surface area (Å²) >= 11 is 0. The molecule has 0 aliphatic rings. The van der Waals surface area contributed by atoms with Crippen molar-refractivity contribution in [3.63, 3.8) is 0 Å². The van der Waals surface area contributed by atoms with E-state index in [4.69, 9.17) is 9.84 Å². The van der Waals surface area contributed by atoms with Gasteiger partial charge in [-0.15, -0.1) is 0 Å². The Labute approximate surface area is 142 Å². The summed E-state index contributed by atoms with van der Waals surface area (Å²) in [6.45, 7) is 4.90. The molecule has 0 bridgehead atoms. The number of ether oxygens (including phenoxy) is 1. The summed E-state index contributed by atoms with van der Waals surface area (Å²) in [5, 5.41) is 18.4. The van der Waals surface area contributed by atoms with Crippen LogP contribution in [-0.2, 0) is 0 Å². The summed E-state index contributed by atoms with van der Waals surface area (Å²) in [6.07, 6.45) is 4.54.